The van der Waals surface area contributed by atoms with Crippen molar-refractivity contribution in [2.24, 2.45) is 0 Å². The van der Waals surface area contributed by atoms with Crippen molar-refractivity contribution >= 4 is 16.9 Å². The van der Waals surface area contributed by atoms with Gasteiger partial charge in [-0.15, -0.1) is 0 Å². The minimum absolute atomic E-state index is 0.118. The first-order valence-electron chi connectivity index (χ1n) is 4.92. The highest BCUT2D eigenvalue weighted by Gasteiger charge is 2.28. The molecule has 0 spiro atoms. The number of hydrogen-bond acceptors (Lipinski definition) is 3. The minimum Gasteiger partial charge on any atom is -0.463 e. The Bertz CT molecular complexity index is 562. The van der Waals surface area contributed by atoms with Crippen LogP contribution in [-0.2, 0) is 4.84 Å². The largest absolute Gasteiger partial charge is 0.463 e. The Kier molecular flexibility index (Phi) is 3.24. The Morgan fingerprint density at radius 1 is 1.33 bits per heavy atom. The first-order valence-corrected chi connectivity index (χ1v) is 4.92. The zero-order chi connectivity index (χ0) is 13.2. The number of carbonyl (C=O) groups is 1. The van der Waals surface area contributed by atoms with Crippen molar-refractivity contribution in [2.45, 2.75) is 6.18 Å². The van der Waals surface area contributed by atoms with Crippen LogP contribution in [0.3, 0.4) is 0 Å². The molecule has 0 atom stereocenters. The number of rotatable bonds is 3. The molecule has 2 rings (SSSR count). The molecule has 0 radical (unpaired) electrons. The second-order valence-corrected chi connectivity index (χ2v) is 3.48. The molecule has 1 N–H and O–H groups in total. The molecular formula is C11H8F3NO3. The van der Waals surface area contributed by atoms with Crippen LogP contribution in [0.15, 0.2) is 34.9 Å². The SMILES string of the molecule is O=C(NOCC(F)(F)F)c1coc2ccccc12. The summed E-state index contributed by atoms with van der Waals surface area (Å²) in [5, 5.41) is 0.505. The van der Waals surface area contributed by atoms with Crippen LogP contribution < -0.4 is 5.48 Å². The lowest BCUT2D eigenvalue weighted by Gasteiger charge is -2.07. The third kappa shape index (κ3) is 2.80. The van der Waals surface area contributed by atoms with Crippen molar-refractivity contribution in [1.29, 1.82) is 0 Å². The molecule has 0 aliphatic rings. The Morgan fingerprint density at radius 2 is 2.06 bits per heavy atom. The van der Waals surface area contributed by atoms with Crippen LogP contribution in [0.4, 0.5) is 13.2 Å². The maximum absolute atomic E-state index is 11.8. The summed E-state index contributed by atoms with van der Waals surface area (Å²) in [4.78, 5) is 15.6. The van der Waals surface area contributed by atoms with Gasteiger partial charge in [0.15, 0.2) is 6.61 Å². The topological polar surface area (TPSA) is 51.5 Å². The van der Waals surface area contributed by atoms with Crippen LogP contribution in [0.1, 0.15) is 10.4 Å². The monoisotopic (exact) mass is 259 g/mol. The highest BCUT2D eigenvalue weighted by Crippen LogP contribution is 2.20. The molecule has 1 amide bonds. The number of furan rings is 1. The summed E-state index contributed by atoms with van der Waals surface area (Å²) in [6, 6.07) is 6.67. The van der Waals surface area contributed by atoms with Gasteiger partial charge in [-0.25, -0.2) is 5.48 Å². The van der Waals surface area contributed by atoms with E-state index in [2.05, 4.69) is 4.84 Å². The maximum Gasteiger partial charge on any atom is 0.414 e. The molecule has 0 fully saturated rings. The Labute approximate surface area is 99.3 Å². The summed E-state index contributed by atoms with van der Waals surface area (Å²) in [6.07, 6.45) is -3.33. The Hall–Kier alpha value is -2.02. The number of hydroxylamine groups is 1. The predicted molar refractivity (Wildman–Crippen MR) is 55.7 cm³/mol. The molecule has 0 aliphatic heterocycles. The minimum atomic E-state index is -4.49. The molecule has 18 heavy (non-hydrogen) atoms. The van der Waals surface area contributed by atoms with Crippen LogP contribution in [0, 0.1) is 0 Å². The summed E-state index contributed by atoms with van der Waals surface area (Å²) < 4.78 is 40.5. The van der Waals surface area contributed by atoms with Crippen molar-refractivity contribution in [2.75, 3.05) is 6.61 Å². The van der Waals surface area contributed by atoms with E-state index in [4.69, 9.17) is 4.42 Å². The van der Waals surface area contributed by atoms with E-state index in [9.17, 15) is 18.0 Å². The number of carbonyl (C=O) groups excluding carboxylic acids is 1. The molecule has 0 saturated heterocycles. The fraction of sp³-hybridized carbons (Fsp3) is 0.182. The zero-order valence-corrected chi connectivity index (χ0v) is 8.95. The van der Waals surface area contributed by atoms with Crippen LogP contribution in [-0.4, -0.2) is 18.7 Å². The molecule has 96 valence electrons. The number of halogens is 3. The maximum atomic E-state index is 11.8. The van der Waals surface area contributed by atoms with Crippen LogP contribution in [0.25, 0.3) is 11.0 Å². The standard InChI is InChI=1S/C11H8F3NO3/c12-11(13,14)6-18-15-10(16)8-5-17-9-4-2-1-3-7(8)9/h1-5H,6H2,(H,15,16). The number of nitrogens with one attached hydrogen (secondary N) is 1. The highest BCUT2D eigenvalue weighted by molar-refractivity contribution is 6.05. The number of amides is 1. The van der Waals surface area contributed by atoms with Crippen molar-refractivity contribution in [3.63, 3.8) is 0 Å². The molecule has 0 saturated carbocycles. The van der Waals surface area contributed by atoms with Gasteiger partial charge in [-0.2, -0.15) is 13.2 Å². The van der Waals surface area contributed by atoms with Gasteiger partial charge in [0.25, 0.3) is 5.91 Å². The number of hydrogen-bond donors (Lipinski definition) is 1. The highest BCUT2D eigenvalue weighted by atomic mass is 19.4. The molecule has 4 nitrogen and oxygen atoms in total. The van der Waals surface area contributed by atoms with E-state index in [0.717, 1.165) is 6.26 Å². The van der Waals surface area contributed by atoms with Crippen molar-refractivity contribution in [1.82, 2.24) is 5.48 Å². The summed E-state index contributed by atoms with van der Waals surface area (Å²) in [5.74, 6) is -0.788. The predicted octanol–water partition coefficient (Wildman–Crippen LogP) is 2.66. The first kappa shape index (κ1) is 12.4. The quantitative estimate of drug-likeness (QED) is 0.862. The number of benzene rings is 1. The van der Waals surface area contributed by atoms with Crippen molar-refractivity contribution in [3.05, 3.63) is 36.1 Å². The second kappa shape index (κ2) is 4.69. The lowest BCUT2D eigenvalue weighted by Crippen LogP contribution is -2.29. The number of fused-ring (bicyclic) bond motifs is 1. The average Bonchev–Trinajstić information content (AvgIpc) is 2.70. The summed E-state index contributed by atoms with van der Waals surface area (Å²) in [5.41, 5.74) is 2.30. The summed E-state index contributed by atoms with van der Waals surface area (Å²) >= 11 is 0. The average molecular weight is 259 g/mol. The number of alkyl halides is 3. The van der Waals surface area contributed by atoms with Gasteiger partial charge < -0.3 is 4.42 Å². The molecule has 0 aliphatic carbocycles. The van der Waals surface area contributed by atoms with Crippen LogP contribution in [0.2, 0.25) is 0 Å². The van der Waals surface area contributed by atoms with Gasteiger partial charge >= 0.3 is 6.18 Å². The first-order chi connectivity index (χ1) is 8.47. The summed E-state index contributed by atoms with van der Waals surface area (Å²) in [6.45, 7) is -1.55. The van der Waals surface area contributed by atoms with Crippen LogP contribution in [0.5, 0.6) is 0 Å². The smallest absolute Gasteiger partial charge is 0.414 e. The second-order valence-electron chi connectivity index (χ2n) is 3.48. The van der Waals surface area contributed by atoms with E-state index in [1.807, 2.05) is 0 Å². The van der Waals surface area contributed by atoms with Crippen LogP contribution >= 0.6 is 0 Å². The molecule has 1 aromatic heterocycles. The number of para-hydroxylation sites is 1. The van der Waals surface area contributed by atoms with Gasteiger partial charge in [0.2, 0.25) is 0 Å². The third-order valence-electron chi connectivity index (χ3n) is 2.13. The van der Waals surface area contributed by atoms with E-state index < -0.39 is 18.7 Å². The Morgan fingerprint density at radius 3 is 2.78 bits per heavy atom. The van der Waals surface area contributed by atoms with Gasteiger partial charge in [-0.05, 0) is 6.07 Å². The zero-order valence-electron chi connectivity index (χ0n) is 8.95. The Balaban J connectivity index is 2.05. The van der Waals surface area contributed by atoms with Gasteiger partial charge in [-0.1, -0.05) is 18.2 Å². The molecule has 0 bridgehead atoms. The molecule has 1 aromatic carbocycles. The molecule has 7 heteroatoms. The van der Waals surface area contributed by atoms with Gasteiger partial charge in [0.05, 0.1) is 5.56 Å². The lowest BCUT2D eigenvalue weighted by molar-refractivity contribution is -0.184. The van der Waals surface area contributed by atoms with E-state index >= 15 is 0 Å². The fourth-order valence-electron chi connectivity index (χ4n) is 1.39. The van der Waals surface area contributed by atoms with Crippen molar-refractivity contribution < 1.29 is 27.2 Å². The lowest BCUT2D eigenvalue weighted by atomic mass is 10.2. The van der Waals surface area contributed by atoms with Crippen molar-refractivity contribution in [3.8, 4) is 0 Å². The van der Waals surface area contributed by atoms with Gasteiger partial charge in [0.1, 0.15) is 11.8 Å². The third-order valence-corrected chi connectivity index (χ3v) is 2.13. The summed E-state index contributed by atoms with van der Waals surface area (Å²) in [7, 11) is 0. The molecule has 2 aromatic rings. The molecule has 1 heterocycles. The molecule has 0 unspecified atom stereocenters. The van der Waals surface area contributed by atoms with E-state index in [0.29, 0.717) is 11.0 Å². The fourth-order valence-corrected chi connectivity index (χ4v) is 1.39. The van der Waals surface area contributed by atoms with E-state index in [1.54, 1.807) is 29.7 Å². The normalized spacial score (nSPS) is 11.7. The van der Waals surface area contributed by atoms with Gasteiger partial charge in [-0.3, -0.25) is 9.63 Å². The molecular weight excluding hydrogens is 251 g/mol. The van der Waals surface area contributed by atoms with Gasteiger partial charge in [0, 0.05) is 5.39 Å². The van der Waals surface area contributed by atoms with E-state index in [-0.39, 0.29) is 5.56 Å². The van der Waals surface area contributed by atoms with E-state index in [1.165, 1.54) is 0 Å².